The van der Waals surface area contributed by atoms with Crippen LogP contribution in [0.15, 0.2) is 22.7 Å². The van der Waals surface area contributed by atoms with Gasteiger partial charge in [-0.1, -0.05) is 33.6 Å². The van der Waals surface area contributed by atoms with Crippen molar-refractivity contribution in [3.05, 3.63) is 33.3 Å². The van der Waals surface area contributed by atoms with E-state index in [4.69, 9.17) is 11.6 Å². The molecule has 3 rings (SSSR count). The summed E-state index contributed by atoms with van der Waals surface area (Å²) in [6.45, 7) is 0.482. The Morgan fingerprint density at radius 3 is 2.75 bits per heavy atom. The second-order valence-electron chi connectivity index (χ2n) is 5.31. The highest BCUT2D eigenvalue weighted by atomic mass is 79.9. The highest BCUT2D eigenvalue weighted by Crippen LogP contribution is 2.34. The topological polar surface area (TPSA) is 49.4 Å². The van der Waals surface area contributed by atoms with Crippen molar-refractivity contribution in [2.45, 2.75) is 25.4 Å². The Labute approximate surface area is 130 Å². The maximum Gasteiger partial charge on any atom is 0.246 e. The average molecular weight is 358 g/mol. The molecule has 1 aromatic carbocycles. The molecule has 6 heteroatoms. The Bertz CT molecular complexity index is 574. The summed E-state index contributed by atoms with van der Waals surface area (Å²) < 4.78 is 0.893. The summed E-state index contributed by atoms with van der Waals surface area (Å²) in [6, 6.07) is 5.21. The Balaban J connectivity index is 1.78. The zero-order valence-corrected chi connectivity index (χ0v) is 13.1. The molecule has 0 bridgehead atoms. The second kappa shape index (κ2) is 5.37. The number of halogens is 2. The quantitative estimate of drug-likeness (QED) is 0.903. The van der Waals surface area contributed by atoms with Gasteiger partial charge in [-0.2, -0.15) is 0 Å². The zero-order chi connectivity index (χ0) is 14.3. The van der Waals surface area contributed by atoms with Gasteiger partial charge in [0.1, 0.15) is 6.04 Å². The number of hydrogen-bond acceptors (Lipinski definition) is 2. The van der Waals surface area contributed by atoms with E-state index >= 15 is 0 Å². The summed E-state index contributed by atoms with van der Waals surface area (Å²) in [5.74, 6) is 0.232. The fourth-order valence-electron chi connectivity index (χ4n) is 2.47. The molecule has 2 amide bonds. The molecule has 1 saturated heterocycles. The maximum absolute atomic E-state index is 12.4. The van der Waals surface area contributed by atoms with Gasteiger partial charge in [-0.05, 0) is 36.5 Å². The van der Waals surface area contributed by atoms with Crippen molar-refractivity contribution >= 4 is 39.3 Å². The molecule has 1 saturated carbocycles. The van der Waals surface area contributed by atoms with Crippen LogP contribution in [0.25, 0.3) is 0 Å². The summed E-state index contributed by atoms with van der Waals surface area (Å²) in [7, 11) is 0. The van der Waals surface area contributed by atoms with Gasteiger partial charge in [0, 0.05) is 16.0 Å². The first-order valence-corrected chi connectivity index (χ1v) is 7.74. The molecular formula is C14H14BrClN2O2. The van der Waals surface area contributed by atoms with E-state index in [9.17, 15) is 9.59 Å². The van der Waals surface area contributed by atoms with Crippen LogP contribution in [0.2, 0.25) is 5.02 Å². The molecule has 1 N–H and O–H groups in total. The van der Waals surface area contributed by atoms with Crippen molar-refractivity contribution in [1.82, 2.24) is 10.2 Å². The summed E-state index contributed by atoms with van der Waals surface area (Å²) in [4.78, 5) is 25.7. The number of nitrogens with zero attached hydrogens (tertiary/aromatic N) is 1. The predicted molar refractivity (Wildman–Crippen MR) is 79.2 cm³/mol. The van der Waals surface area contributed by atoms with Gasteiger partial charge in [-0.3, -0.25) is 9.59 Å². The molecule has 1 atom stereocenters. The molecular weight excluding hydrogens is 344 g/mol. The van der Waals surface area contributed by atoms with Crippen LogP contribution in [0.5, 0.6) is 0 Å². The minimum atomic E-state index is -0.342. The lowest BCUT2D eigenvalue weighted by atomic mass is 10.1. The van der Waals surface area contributed by atoms with E-state index in [1.165, 1.54) is 0 Å². The maximum atomic E-state index is 12.4. The molecule has 0 spiro atoms. The number of hydrogen-bond donors (Lipinski definition) is 1. The molecule has 2 fully saturated rings. The summed E-state index contributed by atoms with van der Waals surface area (Å²) in [5.41, 5.74) is 0.854. The Kier molecular flexibility index (Phi) is 3.73. The minimum absolute atomic E-state index is 0.00563. The highest BCUT2D eigenvalue weighted by molar-refractivity contribution is 9.10. The SMILES string of the molecule is O=C1CN(Cc2ccc(Br)cc2Cl)C(=O)C(C2CC2)N1. The summed E-state index contributed by atoms with van der Waals surface area (Å²) in [6.07, 6.45) is 2.03. The number of carbonyl (C=O) groups is 2. The van der Waals surface area contributed by atoms with Gasteiger partial charge in [0.05, 0.1) is 6.54 Å². The van der Waals surface area contributed by atoms with Gasteiger partial charge in [0.2, 0.25) is 11.8 Å². The van der Waals surface area contributed by atoms with Crippen LogP contribution >= 0.6 is 27.5 Å². The van der Waals surface area contributed by atoms with Gasteiger partial charge < -0.3 is 10.2 Å². The third kappa shape index (κ3) is 2.83. The first-order valence-electron chi connectivity index (χ1n) is 6.56. The Morgan fingerprint density at radius 2 is 2.10 bits per heavy atom. The van der Waals surface area contributed by atoms with E-state index in [1.807, 2.05) is 12.1 Å². The molecule has 4 nitrogen and oxygen atoms in total. The molecule has 20 heavy (non-hydrogen) atoms. The van der Waals surface area contributed by atoms with Crippen LogP contribution in [0, 0.1) is 5.92 Å². The minimum Gasteiger partial charge on any atom is -0.342 e. The van der Waals surface area contributed by atoms with Crippen molar-refractivity contribution in [2.24, 2.45) is 5.92 Å². The third-order valence-electron chi connectivity index (χ3n) is 3.70. The zero-order valence-electron chi connectivity index (χ0n) is 10.7. The number of carbonyl (C=O) groups excluding carboxylic acids is 2. The monoisotopic (exact) mass is 356 g/mol. The summed E-state index contributed by atoms with van der Waals surface area (Å²) >= 11 is 9.53. The van der Waals surface area contributed by atoms with Crippen LogP contribution in [0.4, 0.5) is 0 Å². The van der Waals surface area contributed by atoms with E-state index in [-0.39, 0.29) is 24.4 Å². The lowest BCUT2D eigenvalue weighted by Gasteiger charge is -2.32. The predicted octanol–water partition coefficient (Wildman–Crippen LogP) is 2.34. The Hall–Kier alpha value is -1.07. The Morgan fingerprint density at radius 1 is 1.35 bits per heavy atom. The summed E-state index contributed by atoms with van der Waals surface area (Å²) in [5, 5.41) is 3.40. The van der Waals surface area contributed by atoms with Crippen molar-refractivity contribution in [3.63, 3.8) is 0 Å². The van der Waals surface area contributed by atoms with Crippen molar-refractivity contribution < 1.29 is 9.59 Å². The van der Waals surface area contributed by atoms with E-state index < -0.39 is 0 Å². The molecule has 1 aliphatic heterocycles. The fraction of sp³-hybridized carbons (Fsp3) is 0.429. The first-order chi connectivity index (χ1) is 9.54. The highest BCUT2D eigenvalue weighted by Gasteiger charge is 2.42. The van der Waals surface area contributed by atoms with Crippen molar-refractivity contribution in [1.29, 1.82) is 0 Å². The van der Waals surface area contributed by atoms with Crippen LogP contribution in [0.3, 0.4) is 0 Å². The number of amides is 2. The standard InChI is InChI=1S/C14H14BrClN2O2/c15-10-4-3-9(11(16)5-10)6-18-7-12(19)17-13(14(18)20)8-1-2-8/h3-5,8,13H,1-2,6-7H2,(H,17,19). The molecule has 2 aliphatic rings. The van der Waals surface area contributed by atoms with Gasteiger partial charge in [-0.15, -0.1) is 0 Å². The molecule has 1 heterocycles. The van der Waals surface area contributed by atoms with Crippen molar-refractivity contribution in [3.8, 4) is 0 Å². The number of rotatable bonds is 3. The van der Waals surface area contributed by atoms with Crippen LogP contribution in [-0.4, -0.2) is 29.3 Å². The van der Waals surface area contributed by atoms with Gasteiger partial charge >= 0.3 is 0 Å². The van der Waals surface area contributed by atoms with Crippen LogP contribution in [-0.2, 0) is 16.1 Å². The normalized spacial score (nSPS) is 22.9. The number of nitrogens with one attached hydrogen (secondary N) is 1. The molecule has 0 radical (unpaired) electrons. The van der Waals surface area contributed by atoms with Crippen LogP contribution in [0.1, 0.15) is 18.4 Å². The van der Waals surface area contributed by atoms with E-state index in [2.05, 4.69) is 21.2 Å². The van der Waals surface area contributed by atoms with Crippen molar-refractivity contribution in [2.75, 3.05) is 6.54 Å². The fourth-order valence-corrected chi connectivity index (χ4v) is 3.20. The largest absolute Gasteiger partial charge is 0.342 e. The molecule has 106 valence electrons. The number of piperazine rings is 1. The number of benzene rings is 1. The molecule has 0 aromatic heterocycles. The average Bonchev–Trinajstić information content (AvgIpc) is 3.21. The van der Waals surface area contributed by atoms with E-state index in [1.54, 1.807) is 11.0 Å². The second-order valence-corrected chi connectivity index (χ2v) is 6.64. The van der Waals surface area contributed by atoms with Gasteiger partial charge in [0.15, 0.2) is 0 Å². The first kappa shape index (κ1) is 13.9. The molecule has 1 aromatic rings. The lowest BCUT2D eigenvalue weighted by molar-refractivity contribution is -0.145. The van der Waals surface area contributed by atoms with E-state index in [0.29, 0.717) is 17.5 Å². The van der Waals surface area contributed by atoms with E-state index in [0.717, 1.165) is 22.9 Å². The molecule has 1 aliphatic carbocycles. The molecule has 1 unspecified atom stereocenters. The van der Waals surface area contributed by atoms with Gasteiger partial charge in [0.25, 0.3) is 0 Å². The lowest BCUT2D eigenvalue weighted by Crippen LogP contribution is -2.58. The smallest absolute Gasteiger partial charge is 0.246 e. The van der Waals surface area contributed by atoms with Crippen LogP contribution < -0.4 is 5.32 Å². The third-order valence-corrected chi connectivity index (χ3v) is 4.54. The van der Waals surface area contributed by atoms with Gasteiger partial charge in [-0.25, -0.2) is 0 Å².